The molecule has 0 radical (unpaired) electrons. The van der Waals surface area contributed by atoms with Gasteiger partial charge in [0.25, 0.3) is 0 Å². The van der Waals surface area contributed by atoms with Crippen LogP contribution >= 0.6 is 0 Å². The lowest BCUT2D eigenvalue weighted by atomic mass is 9.95. The molecule has 1 atom stereocenters. The molecule has 1 saturated heterocycles. The average molecular weight is 302 g/mol. The van der Waals surface area contributed by atoms with Crippen molar-refractivity contribution in [2.75, 3.05) is 13.2 Å². The molecule has 0 bridgehead atoms. The fraction of sp³-hybridized carbons (Fsp3) is 0.733. The smallest absolute Gasteiger partial charge is 0.156 e. The first-order valence-electron chi connectivity index (χ1n) is 8.27. The van der Waals surface area contributed by atoms with Gasteiger partial charge >= 0.3 is 0 Å². The van der Waals surface area contributed by atoms with E-state index in [-0.39, 0.29) is 0 Å². The van der Waals surface area contributed by atoms with Crippen LogP contribution in [0, 0.1) is 0 Å². The first-order valence-corrected chi connectivity index (χ1v) is 8.27. The molecule has 1 aliphatic carbocycles. The molecule has 7 nitrogen and oxygen atoms in total. The second kappa shape index (κ2) is 6.16. The Labute approximate surface area is 129 Å². The maximum Gasteiger partial charge on any atom is 0.156 e. The van der Waals surface area contributed by atoms with E-state index >= 15 is 0 Å². The molecule has 1 aliphatic heterocycles. The summed E-state index contributed by atoms with van der Waals surface area (Å²) in [6, 6.07) is 0.475. The number of hydrogen-bond acceptors (Lipinski definition) is 5. The van der Waals surface area contributed by atoms with Crippen molar-refractivity contribution in [1.82, 2.24) is 29.8 Å². The Balaban J connectivity index is 1.63. The largest absolute Gasteiger partial charge is 0.381 e. The third kappa shape index (κ3) is 2.77. The Kier molecular flexibility index (Phi) is 3.88. The fourth-order valence-electron chi connectivity index (χ4n) is 3.46. The highest BCUT2D eigenvalue weighted by atomic mass is 16.5. The number of aromatic nitrogens is 6. The lowest BCUT2D eigenvalue weighted by Gasteiger charge is -2.23. The minimum atomic E-state index is 0.342. The predicted molar refractivity (Wildman–Crippen MR) is 79.4 cm³/mol. The van der Waals surface area contributed by atoms with E-state index < -0.39 is 0 Å². The van der Waals surface area contributed by atoms with Gasteiger partial charge in [-0.15, -0.1) is 0 Å². The molecule has 22 heavy (non-hydrogen) atoms. The highest BCUT2D eigenvalue weighted by molar-refractivity contribution is 5.03. The minimum Gasteiger partial charge on any atom is -0.381 e. The molecule has 0 amide bonds. The van der Waals surface area contributed by atoms with E-state index in [1.165, 1.54) is 32.1 Å². The maximum absolute atomic E-state index is 5.49. The molecule has 2 aromatic heterocycles. The van der Waals surface area contributed by atoms with Crippen molar-refractivity contribution in [3.63, 3.8) is 0 Å². The molecule has 4 rings (SSSR count). The molecule has 2 fully saturated rings. The van der Waals surface area contributed by atoms with Crippen molar-refractivity contribution in [3.8, 4) is 0 Å². The molecule has 1 unspecified atom stereocenters. The molecule has 0 N–H and O–H groups in total. The van der Waals surface area contributed by atoms with Gasteiger partial charge in [0, 0.05) is 12.5 Å². The van der Waals surface area contributed by atoms with Crippen LogP contribution in [0.25, 0.3) is 0 Å². The fourth-order valence-corrected chi connectivity index (χ4v) is 3.46. The van der Waals surface area contributed by atoms with E-state index in [4.69, 9.17) is 14.8 Å². The molecular weight excluding hydrogens is 280 g/mol. The van der Waals surface area contributed by atoms with Gasteiger partial charge in [-0.25, -0.2) is 9.67 Å². The number of rotatable bonds is 4. The van der Waals surface area contributed by atoms with Crippen LogP contribution < -0.4 is 0 Å². The summed E-state index contributed by atoms with van der Waals surface area (Å²) in [7, 11) is 0. The van der Waals surface area contributed by atoms with Crippen LogP contribution in [0.5, 0.6) is 0 Å². The summed E-state index contributed by atoms with van der Waals surface area (Å²) in [5.41, 5.74) is 0. The minimum absolute atomic E-state index is 0.342. The number of hydrogen-bond donors (Lipinski definition) is 0. The zero-order chi connectivity index (χ0) is 14.8. The topological polar surface area (TPSA) is 70.7 Å². The quantitative estimate of drug-likeness (QED) is 0.863. The van der Waals surface area contributed by atoms with Crippen molar-refractivity contribution < 1.29 is 4.74 Å². The first-order chi connectivity index (χ1) is 10.9. The summed E-state index contributed by atoms with van der Waals surface area (Å²) < 4.78 is 7.64. The Morgan fingerprint density at radius 2 is 1.91 bits per heavy atom. The van der Waals surface area contributed by atoms with Gasteiger partial charge in [-0.05, 0) is 19.3 Å². The van der Waals surface area contributed by atoms with Gasteiger partial charge in [-0.3, -0.25) is 0 Å². The van der Waals surface area contributed by atoms with Gasteiger partial charge in [-0.2, -0.15) is 20.1 Å². The SMILES string of the molecule is c1cnn(Cc2nc(C3CCOC3)nn2C2CCCCC2)n1. The van der Waals surface area contributed by atoms with Crippen molar-refractivity contribution in [3.05, 3.63) is 24.0 Å². The monoisotopic (exact) mass is 302 g/mol. The number of nitrogens with zero attached hydrogens (tertiary/aromatic N) is 6. The first kappa shape index (κ1) is 13.9. The van der Waals surface area contributed by atoms with Crippen LogP contribution in [0.3, 0.4) is 0 Å². The Morgan fingerprint density at radius 1 is 1.09 bits per heavy atom. The summed E-state index contributed by atoms with van der Waals surface area (Å²) >= 11 is 0. The van der Waals surface area contributed by atoms with E-state index in [0.717, 1.165) is 31.3 Å². The molecular formula is C15H22N6O. The number of ether oxygens (including phenoxy) is 1. The standard InChI is InChI=1S/C15H22N6O/c1-2-4-13(5-3-1)21-14(10-20-16-7-8-17-20)18-15(19-21)12-6-9-22-11-12/h7-8,12-13H,1-6,9-11H2. The summed E-state index contributed by atoms with van der Waals surface area (Å²) in [4.78, 5) is 6.49. The van der Waals surface area contributed by atoms with Crippen molar-refractivity contribution >= 4 is 0 Å². The Bertz CT molecular complexity index is 596. The van der Waals surface area contributed by atoms with E-state index in [0.29, 0.717) is 18.5 Å². The summed E-state index contributed by atoms with van der Waals surface area (Å²) in [6.45, 7) is 2.15. The lowest BCUT2D eigenvalue weighted by Crippen LogP contribution is -2.19. The molecule has 0 aromatic carbocycles. The molecule has 3 heterocycles. The second-order valence-electron chi connectivity index (χ2n) is 6.24. The maximum atomic E-state index is 5.49. The summed E-state index contributed by atoms with van der Waals surface area (Å²) in [6.07, 6.45) is 10.7. The van der Waals surface area contributed by atoms with E-state index in [1.807, 2.05) is 0 Å². The van der Waals surface area contributed by atoms with Gasteiger partial charge in [0.05, 0.1) is 25.0 Å². The average Bonchev–Trinajstić information content (AvgIpc) is 3.30. The molecule has 0 spiro atoms. The van der Waals surface area contributed by atoms with E-state index in [1.54, 1.807) is 17.2 Å². The lowest BCUT2D eigenvalue weighted by molar-refractivity contribution is 0.193. The van der Waals surface area contributed by atoms with Crippen molar-refractivity contribution in [2.45, 2.75) is 57.0 Å². The van der Waals surface area contributed by atoms with Crippen molar-refractivity contribution in [1.29, 1.82) is 0 Å². The highest BCUT2D eigenvalue weighted by Crippen LogP contribution is 2.30. The van der Waals surface area contributed by atoms with Crippen LogP contribution in [-0.2, 0) is 11.3 Å². The molecule has 118 valence electrons. The van der Waals surface area contributed by atoms with Crippen LogP contribution in [0.2, 0.25) is 0 Å². The molecule has 1 saturated carbocycles. The molecule has 2 aromatic rings. The van der Waals surface area contributed by atoms with Crippen LogP contribution in [-0.4, -0.2) is 43.0 Å². The Hall–Kier alpha value is -1.76. The van der Waals surface area contributed by atoms with E-state index in [9.17, 15) is 0 Å². The second-order valence-corrected chi connectivity index (χ2v) is 6.24. The highest BCUT2D eigenvalue weighted by Gasteiger charge is 2.27. The zero-order valence-electron chi connectivity index (χ0n) is 12.8. The third-order valence-corrected chi connectivity index (χ3v) is 4.68. The van der Waals surface area contributed by atoms with Crippen LogP contribution in [0.1, 0.15) is 62.1 Å². The van der Waals surface area contributed by atoms with Crippen LogP contribution in [0.4, 0.5) is 0 Å². The third-order valence-electron chi connectivity index (χ3n) is 4.68. The van der Waals surface area contributed by atoms with Gasteiger partial charge in [0.1, 0.15) is 6.54 Å². The molecule has 7 heteroatoms. The summed E-state index contributed by atoms with van der Waals surface area (Å²) in [5, 5.41) is 13.3. The van der Waals surface area contributed by atoms with Gasteiger partial charge < -0.3 is 4.74 Å². The zero-order valence-corrected chi connectivity index (χ0v) is 12.8. The van der Waals surface area contributed by atoms with Gasteiger partial charge in [0.15, 0.2) is 11.6 Å². The van der Waals surface area contributed by atoms with Gasteiger partial charge in [-0.1, -0.05) is 19.3 Å². The molecule has 2 aliphatic rings. The normalized spacial score (nSPS) is 23.2. The van der Waals surface area contributed by atoms with Crippen LogP contribution in [0.15, 0.2) is 12.4 Å². The van der Waals surface area contributed by atoms with E-state index in [2.05, 4.69) is 14.9 Å². The van der Waals surface area contributed by atoms with Gasteiger partial charge in [0.2, 0.25) is 0 Å². The predicted octanol–water partition coefficient (Wildman–Crippen LogP) is 1.93. The summed E-state index contributed by atoms with van der Waals surface area (Å²) in [5.74, 6) is 2.25. The Morgan fingerprint density at radius 3 is 2.64 bits per heavy atom. The van der Waals surface area contributed by atoms with Crippen molar-refractivity contribution in [2.24, 2.45) is 0 Å².